The van der Waals surface area contributed by atoms with E-state index >= 15 is 0 Å². The van der Waals surface area contributed by atoms with E-state index < -0.39 is 5.41 Å². The topological polar surface area (TPSA) is 73.4 Å². The van der Waals surface area contributed by atoms with Crippen LogP contribution in [0.15, 0.2) is 24.3 Å². The van der Waals surface area contributed by atoms with Gasteiger partial charge in [0.2, 0.25) is 17.7 Å². The van der Waals surface area contributed by atoms with Gasteiger partial charge in [-0.3, -0.25) is 19.3 Å². The molecule has 170 valence electrons. The van der Waals surface area contributed by atoms with E-state index in [0.717, 1.165) is 6.54 Å². The van der Waals surface area contributed by atoms with E-state index in [1.54, 1.807) is 25.3 Å². The normalized spacial score (nSPS) is 24.9. The molecule has 2 aliphatic heterocycles. The third-order valence-corrected chi connectivity index (χ3v) is 6.57. The Kier molecular flexibility index (Phi) is 7.01. The maximum atomic E-state index is 13.7. The summed E-state index contributed by atoms with van der Waals surface area (Å²) in [6, 6.07) is 7.46. The highest BCUT2D eigenvalue weighted by molar-refractivity contribution is 6.10. The Morgan fingerprint density at radius 3 is 2.65 bits per heavy atom. The zero-order chi connectivity index (χ0) is 22.8. The predicted octanol–water partition coefficient (Wildman–Crippen LogP) is 0.806. The first-order valence-electron chi connectivity index (χ1n) is 10.8. The average Bonchev–Trinajstić information content (AvgIpc) is 2.98. The molecule has 0 N–H and O–H groups in total. The van der Waals surface area contributed by atoms with Crippen LogP contribution in [0.1, 0.15) is 25.3 Å². The van der Waals surface area contributed by atoms with Crippen molar-refractivity contribution in [2.45, 2.75) is 31.2 Å². The fraction of sp³-hybridized carbons (Fsp3) is 0.609. The minimum Gasteiger partial charge on any atom is -0.497 e. The number of ether oxygens (including phenoxy) is 1. The Morgan fingerprint density at radius 1 is 1.26 bits per heavy atom. The molecular formula is C23H34N4O4. The molecule has 0 radical (unpaired) electrons. The van der Waals surface area contributed by atoms with Gasteiger partial charge >= 0.3 is 0 Å². The molecule has 0 spiro atoms. The number of nitrogens with zero attached hydrogens (tertiary/aromatic N) is 4. The number of likely N-dealkylation sites (N-methyl/N-ethyl adjacent to an activating group) is 2. The van der Waals surface area contributed by atoms with Gasteiger partial charge in [-0.25, -0.2) is 0 Å². The van der Waals surface area contributed by atoms with Crippen LogP contribution in [0.5, 0.6) is 5.75 Å². The number of carbonyl (C=O) groups excluding carboxylic acids is 3. The molecule has 2 fully saturated rings. The quantitative estimate of drug-likeness (QED) is 0.596. The molecule has 2 heterocycles. The molecule has 1 aromatic carbocycles. The van der Waals surface area contributed by atoms with Crippen LogP contribution in [0.25, 0.3) is 0 Å². The van der Waals surface area contributed by atoms with Crippen molar-refractivity contribution in [3.8, 4) is 5.75 Å². The minimum absolute atomic E-state index is 0.00145. The maximum absolute atomic E-state index is 13.7. The summed E-state index contributed by atoms with van der Waals surface area (Å²) in [5, 5.41) is 0. The lowest BCUT2D eigenvalue weighted by molar-refractivity contribution is -0.143. The van der Waals surface area contributed by atoms with Gasteiger partial charge in [0.25, 0.3) is 0 Å². The number of piperazine rings is 1. The summed E-state index contributed by atoms with van der Waals surface area (Å²) in [6.45, 7) is 5.02. The number of likely N-dealkylation sites (tertiary alicyclic amines) is 1. The summed E-state index contributed by atoms with van der Waals surface area (Å²) in [5.74, 6) is 0.000239. The number of methoxy groups -OCH3 is 1. The number of hydrogen-bond acceptors (Lipinski definition) is 6. The van der Waals surface area contributed by atoms with E-state index in [1.807, 2.05) is 37.0 Å². The molecule has 8 nitrogen and oxygen atoms in total. The van der Waals surface area contributed by atoms with Crippen LogP contribution >= 0.6 is 0 Å². The Labute approximate surface area is 184 Å². The summed E-state index contributed by atoms with van der Waals surface area (Å²) in [7, 11) is 7.41. The molecule has 2 atom stereocenters. The Balaban J connectivity index is 1.93. The Bertz CT molecular complexity index is 843. The van der Waals surface area contributed by atoms with Gasteiger partial charge in [-0.1, -0.05) is 12.1 Å². The van der Waals surface area contributed by atoms with Gasteiger partial charge in [-0.15, -0.1) is 0 Å². The fourth-order valence-electron chi connectivity index (χ4n) is 4.36. The molecule has 0 saturated carbocycles. The highest BCUT2D eigenvalue weighted by Gasteiger charge is 2.54. The first-order valence-corrected chi connectivity index (χ1v) is 10.8. The van der Waals surface area contributed by atoms with E-state index in [0.29, 0.717) is 37.5 Å². The molecule has 8 heteroatoms. The number of carbonyl (C=O) groups is 3. The van der Waals surface area contributed by atoms with Gasteiger partial charge < -0.3 is 19.4 Å². The van der Waals surface area contributed by atoms with Crippen molar-refractivity contribution in [1.82, 2.24) is 19.6 Å². The maximum Gasteiger partial charge on any atom is 0.240 e. The van der Waals surface area contributed by atoms with E-state index in [9.17, 15) is 14.4 Å². The molecule has 0 aliphatic carbocycles. The van der Waals surface area contributed by atoms with Crippen molar-refractivity contribution in [2.75, 3.05) is 61.0 Å². The lowest BCUT2D eigenvalue weighted by Gasteiger charge is -2.39. The molecule has 31 heavy (non-hydrogen) atoms. The van der Waals surface area contributed by atoms with Crippen LogP contribution in [0.3, 0.4) is 0 Å². The molecule has 1 aromatic rings. The standard InChI is InChI=1S/C23H34N4O4/c1-17-16-26(11-10-25(17)4)20(28)14-23(18-7-6-8-19(13-18)31-5)15-21(29)27(22(23)30)12-9-24(2)3/h6-8,13,17H,9-12,14-16H2,1-5H3. The van der Waals surface area contributed by atoms with Crippen molar-refractivity contribution < 1.29 is 19.1 Å². The highest BCUT2D eigenvalue weighted by atomic mass is 16.5. The molecule has 0 bridgehead atoms. The summed E-state index contributed by atoms with van der Waals surface area (Å²) in [5.41, 5.74) is -0.533. The molecule has 3 rings (SSSR count). The predicted molar refractivity (Wildman–Crippen MR) is 118 cm³/mol. The molecule has 2 unspecified atom stereocenters. The van der Waals surface area contributed by atoms with Gasteiger partial charge in [0.05, 0.1) is 12.5 Å². The van der Waals surface area contributed by atoms with Crippen LogP contribution in [0.2, 0.25) is 0 Å². The van der Waals surface area contributed by atoms with Crippen molar-refractivity contribution in [2.24, 2.45) is 0 Å². The smallest absolute Gasteiger partial charge is 0.240 e. The summed E-state index contributed by atoms with van der Waals surface area (Å²) in [4.78, 5) is 47.2. The number of amides is 3. The van der Waals surface area contributed by atoms with E-state index in [-0.39, 0.29) is 36.6 Å². The second-order valence-corrected chi connectivity index (χ2v) is 8.99. The minimum atomic E-state index is -1.19. The van der Waals surface area contributed by atoms with E-state index in [1.165, 1.54) is 4.90 Å². The first kappa shape index (κ1) is 23.2. The summed E-state index contributed by atoms with van der Waals surface area (Å²) < 4.78 is 5.36. The van der Waals surface area contributed by atoms with Crippen LogP contribution in [0, 0.1) is 0 Å². The van der Waals surface area contributed by atoms with Gasteiger partial charge in [0, 0.05) is 51.6 Å². The summed E-state index contributed by atoms with van der Waals surface area (Å²) in [6.07, 6.45) is -0.0128. The largest absolute Gasteiger partial charge is 0.497 e. The lowest BCUT2D eigenvalue weighted by Crippen LogP contribution is -2.53. The van der Waals surface area contributed by atoms with Crippen LogP contribution in [-0.4, -0.2) is 104 Å². The SMILES string of the molecule is COc1cccc(C2(CC(=O)N3CCN(C)C(C)C3)CC(=O)N(CCN(C)C)C2=O)c1. The third kappa shape index (κ3) is 4.75. The zero-order valence-corrected chi connectivity index (χ0v) is 19.3. The van der Waals surface area contributed by atoms with Gasteiger partial charge in [0.15, 0.2) is 0 Å². The Morgan fingerprint density at radius 2 is 2.00 bits per heavy atom. The fourth-order valence-corrected chi connectivity index (χ4v) is 4.36. The van der Waals surface area contributed by atoms with Crippen molar-refractivity contribution in [3.63, 3.8) is 0 Å². The number of benzene rings is 1. The second kappa shape index (κ2) is 9.36. The average molecular weight is 431 g/mol. The highest BCUT2D eigenvalue weighted by Crippen LogP contribution is 2.41. The molecule has 3 amide bonds. The van der Waals surface area contributed by atoms with E-state index in [2.05, 4.69) is 11.8 Å². The number of imide groups is 1. The zero-order valence-electron chi connectivity index (χ0n) is 19.3. The lowest BCUT2D eigenvalue weighted by atomic mass is 9.75. The van der Waals surface area contributed by atoms with Gasteiger partial charge in [-0.05, 0) is 45.8 Å². The monoisotopic (exact) mass is 430 g/mol. The first-order chi connectivity index (χ1) is 14.7. The van der Waals surface area contributed by atoms with Crippen LogP contribution in [0.4, 0.5) is 0 Å². The van der Waals surface area contributed by atoms with Gasteiger partial charge in [0.1, 0.15) is 5.75 Å². The van der Waals surface area contributed by atoms with E-state index in [4.69, 9.17) is 4.74 Å². The number of hydrogen-bond donors (Lipinski definition) is 0. The van der Waals surface area contributed by atoms with Crippen molar-refractivity contribution in [1.29, 1.82) is 0 Å². The molecule has 2 saturated heterocycles. The molecule has 0 aromatic heterocycles. The Hall–Kier alpha value is -2.45. The molecule has 2 aliphatic rings. The molecular weight excluding hydrogens is 396 g/mol. The van der Waals surface area contributed by atoms with Crippen LogP contribution in [-0.2, 0) is 19.8 Å². The second-order valence-electron chi connectivity index (χ2n) is 8.99. The third-order valence-electron chi connectivity index (χ3n) is 6.57. The van der Waals surface area contributed by atoms with Crippen LogP contribution < -0.4 is 4.74 Å². The van der Waals surface area contributed by atoms with Crippen molar-refractivity contribution >= 4 is 17.7 Å². The summed E-state index contributed by atoms with van der Waals surface area (Å²) >= 11 is 0. The van der Waals surface area contributed by atoms with Crippen molar-refractivity contribution in [3.05, 3.63) is 29.8 Å². The van der Waals surface area contributed by atoms with Gasteiger partial charge in [-0.2, -0.15) is 0 Å². The number of rotatable bonds is 7.